The maximum atomic E-state index is 14.7. The van der Waals surface area contributed by atoms with E-state index >= 15 is 0 Å². The van der Waals surface area contributed by atoms with Crippen LogP contribution >= 0.6 is 0 Å². The van der Waals surface area contributed by atoms with Gasteiger partial charge in [0.2, 0.25) is 5.88 Å². The Balaban J connectivity index is 2.02. The van der Waals surface area contributed by atoms with Gasteiger partial charge in [0.15, 0.2) is 5.69 Å². The van der Waals surface area contributed by atoms with Gasteiger partial charge < -0.3 is 14.4 Å². The molecule has 0 radical (unpaired) electrons. The second-order valence-electron chi connectivity index (χ2n) is 8.01. The third-order valence-corrected chi connectivity index (χ3v) is 5.45. The van der Waals surface area contributed by atoms with Crippen molar-refractivity contribution in [2.75, 3.05) is 32.2 Å². The second kappa shape index (κ2) is 7.14. The minimum absolute atomic E-state index is 0.0340. The minimum Gasteiger partial charge on any atom is -0.480 e. The first-order chi connectivity index (χ1) is 14.9. The molecule has 3 aromatic heterocycles. The van der Waals surface area contributed by atoms with Gasteiger partial charge in [0.05, 0.1) is 44.4 Å². The Morgan fingerprint density at radius 2 is 1.75 bits per heavy atom. The molecule has 13 heteroatoms. The normalized spacial score (nSPS) is 17.7. The zero-order chi connectivity index (χ0) is 23.5. The third-order valence-electron chi connectivity index (χ3n) is 5.45. The van der Waals surface area contributed by atoms with Crippen LogP contribution in [0.15, 0.2) is 18.6 Å². The van der Waals surface area contributed by atoms with Crippen LogP contribution in [0.2, 0.25) is 0 Å². The molecule has 0 bridgehead atoms. The summed E-state index contributed by atoms with van der Waals surface area (Å²) >= 11 is 0. The van der Waals surface area contributed by atoms with Gasteiger partial charge in [0, 0.05) is 18.2 Å². The molecule has 1 aliphatic heterocycles. The Labute approximate surface area is 179 Å². The van der Waals surface area contributed by atoms with Crippen molar-refractivity contribution in [3.63, 3.8) is 0 Å². The smallest absolute Gasteiger partial charge is 0.434 e. The van der Waals surface area contributed by atoms with E-state index < -0.39 is 29.8 Å². The van der Waals surface area contributed by atoms with Crippen LogP contribution < -0.4 is 14.4 Å². The molecular weight excluding hydrogens is 439 g/mol. The first-order valence-corrected chi connectivity index (χ1v) is 9.42. The highest BCUT2D eigenvalue weighted by molar-refractivity contribution is 5.89. The summed E-state index contributed by atoms with van der Waals surface area (Å²) in [4.78, 5) is 13.0. The molecule has 1 saturated heterocycles. The molecule has 0 amide bonds. The van der Waals surface area contributed by atoms with E-state index in [2.05, 4.69) is 20.1 Å². The molecule has 4 heterocycles. The molecule has 0 atom stereocenters. The quantitative estimate of drug-likeness (QED) is 0.552. The number of anilines is 1. The second-order valence-corrected chi connectivity index (χ2v) is 8.01. The average molecular weight is 458 g/mol. The summed E-state index contributed by atoms with van der Waals surface area (Å²) in [7, 11) is 2.64. The molecule has 1 aliphatic rings. The van der Waals surface area contributed by atoms with Crippen molar-refractivity contribution in [3.8, 4) is 23.1 Å². The van der Waals surface area contributed by atoms with Crippen LogP contribution in [0, 0.1) is 5.41 Å². The van der Waals surface area contributed by atoms with E-state index in [1.165, 1.54) is 39.2 Å². The van der Waals surface area contributed by atoms with E-state index in [9.17, 15) is 22.0 Å². The summed E-state index contributed by atoms with van der Waals surface area (Å²) in [6, 6.07) is -0.0394. The zero-order valence-corrected chi connectivity index (χ0v) is 17.5. The maximum absolute atomic E-state index is 14.7. The van der Waals surface area contributed by atoms with Crippen molar-refractivity contribution in [3.05, 3.63) is 24.3 Å². The lowest BCUT2D eigenvalue weighted by molar-refractivity contribution is -0.142. The Kier molecular flexibility index (Phi) is 4.90. The van der Waals surface area contributed by atoms with Crippen molar-refractivity contribution in [2.24, 2.45) is 5.41 Å². The van der Waals surface area contributed by atoms with Crippen molar-refractivity contribution >= 4 is 11.2 Å². The minimum atomic E-state index is -4.78. The van der Waals surface area contributed by atoms with Crippen molar-refractivity contribution in [1.82, 2.24) is 24.6 Å². The largest absolute Gasteiger partial charge is 0.480 e. The highest BCUT2D eigenvalue weighted by atomic mass is 19.4. The van der Waals surface area contributed by atoms with E-state index in [4.69, 9.17) is 9.47 Å². The maximum Gasteiger partial charge on any atom is 0.434 e. The van der Waals surface area contributed by atoms with Gasteiger partial charge >= 0.3 is 12.2 Å². The van der Waals surface area contributed by atoms with Crippen molar-refractivity contribution in [1.29, 1.82) is 0 Å². The van der Waals surface area contributed by atoms with Crippen LogP contribution in [0.25, 0.3) is 16.8 Å². The predicted molar refractivity (Wildman–Crippen MR) is 103 cm³/mol. The predicted octanol–water partition coefficient (Wildman–Crippen LogP) is 3.70. The first kappa shape index (κ1) is 22.0. The molecule has 0 N–H and O–H groups in total. The molecular formula is C19H19F5N6O2. The highest BCUT2D eigenvalue weighted by Crippen LogP contribution is 2.48. The van der Waals surface area contributed by atoms with Crippen LogP contribution in [-0.4, -0.2) is 57.8 Å². The zero-order valence-electron chi connectivity index (χ0n) is 17.5. The molecule has 32 heavy (non-hydrogen) atoms. The van der Waals surface area contributed by atoms with Crippen LogP contribution in [-0.2, 0) is 6.18 Å². The van der Waals surface area contributed by atoms with E-state index in [-0.39, 0.29) is 40.9 Å². The Hall–Kier alpha value is -3.25. The fourth-order valence-corrected chi connectivity index (χ4v) is 3.67. The number of methoxy groups -OCH3 is 2. The lowest BCUT2D eigenvalue weighted by Gasteiger charge is -2.24. The van der Waals surface area contributed by atoms with E-state index in [0.29, 0.717) is 10.7 Å². The molecule has 172 valence electrons. The van der Waals surface area contributed by atoms with Crippen molar-refractivity contribution < 1.29 is 31.4 Å². The number of fused-ring (bicyclic) bond motifs is 1. The third kappa shape index (κ3) is 3.35. The average Bonchev–Trinajstić information content (AvgIpc) is 3.20. The number of hydrogen-bond donors (Lipinski definition) is 0. The summed E-state index contributed by atoms with van der Waals surface area (Å²) in [6.07, 6.45) is -1.74. The molecule has 4 rings (SSSR count). The van der Waals surface area contributed by atoms with Gasteiger partial charge in [0.1, 0.15) is 11.2 Å². The van der Waals surface area contributed by atoms with Gasteiger partial charge in [-0.2, -0.15) is 23.3 Å². The Bertz CT molecular complexity index is 1160. The van der Waals surface area contributed by atoms with Gasteiger partial charge in [-0.1, -0.05) is 13.8 Å². The highest BCUT2D eigenvalue weighted by Gasteiger charge is 2.55. The van der Waals surface area contributed by atoms with Gasteiger partial charge in [-0.25, -0.2) is 18.3 Å². The molecule has 0 aromatic carbocycles. The number of aromatic nitrogens is 5. The fourth-order valence-electron chi connectivity index (χ4n) is 3.67. The molecule has 1 fully saturated rings. The van der Waals surface area contributed by atoms with E-state index in [0.717, 1.165) is 6.20 Å². The Morgan fingerprint density at radius 1 is 1.03 bits per heavy atom. The summed E-state index contributed by atoms with van der Waals surface area (Å²) in [5.74, 6) is -3.12. The van der Waals surface area contributed by atoms with Crippen LogP contribution in [0.4, 0.5) is 27.6 Å². The fraction of sp³-hybridized carbons (Fsp3) is 0.474. The number of alkyl halides is 5. The van der Waals surface area contributed by atoms with Gasteiger partial charge in [0.25, 0.3) is 5.92 Å². The molecule has 8 nitrogen and oxygen atoms in total. The molecule has 0 unspecified atom stereocenters. The van der Waals surface area contributed by atoms with Crippen LogP contribution in [0.3, 0.4) is 0 Å². The molecule has 0 saturated carbocycles. The first-order valence-electron chi connectivity index (χ1n) is 9.42. The lowest BCUT2D eigenvalue weighted by atomic mass is 9.89. The number of nitrogens with zero attached hydrogens (tertiary/aromatic N) is 6. The summed E-state index contributed by atoms with van der Waals surface area (Å²) in [6.45, 7) is 1.97. The molecule has 3 aromatic rings. The Morgan fingerprint density at radius 3 is 2.31 bits per heavy atom. The number of ether oxygens (including phenoxy) is 2. The summed E-state index contributed by atoms with van der Waals surface area (Å²) in [5.41, 5.74) is -2.53. The molecule has 0 spiro atoms. The van der Waals surface area contributed by atoms with Crippen molar-refractivity contribution in [2.45, 2.75) is 25.9 Å². The standard InChI is InChI=1S/C19H19F5N6O2/c1-17(2)8-29(9-18(17,20)21)14-11-6-25-7-12(19(22,23)24)30(11)28-13(14)10-5-26-16(32-4)27-15(10)31-3/h5-7H,8-9H2,1-4H3. The topological polar surface area (TPSA) is 77.7 Å². The number of rotatable bonds is 4. The molecule has 0 aliphatic carbocycles. The lowest BCUT2D eigenvalue weighted by Crippen LogP contribution is -2.34. The SMILES string of the molecule is COc1ncc(-c2nn3c(C(F)(F)F)cncc3c2N2CC(C)(C)C(F)(F)C2)c(OC)n1. The van der Waals surface area contributed by atoms with Crippen LogP contribution in [0.5, 0.6) is 11.9 Å². The van der Waals surface area contributed by atoms with Gasteiger partial charge in [-0.3, -0.25) is 4.98 Å². The number of hydrogen-bond acceptors (Lipinski definition) is 7. The van der Waals surface area contributed by atoms with Gasteiger partial charge in [-0.15, -0.1) is 0 Å². The monoisotopic (exact) mass is 458 g/mol. The van der Waals surface area contributed by atoms with Crippen LogP contribution in [0.1, 0.15) is 19.5 Å². The summed E-state index contributed by atoms with van der Waals surface area (Å²) < 4.78 is 81.1. The van der Waals surface area contributed by atoms with E-state index in [1.54, 1.807) is 0 Å². The van der Waals surface area contributed by atoms with Gasteiger partial charge in [-0.05, 0) is 0 Å². The number of halogens is 5. The van der Waals surface area contributed by atoms with E-state index in [1.807, 2.05) is 0 Å². The summed E-state index contributed by atoms with van der Waals surface area (Å²) in [5, 5.41) is 4.12.